The maximum absolute atomic E-state index is 11.1. The number of nitrogens with zero attached hydrogens (tertiary/aromatic N) is 2. The van der Waals surface area contributed by atoms with Gasteiger partial charge in [0, 0.05) is 13.2 Å². The zero-order valence-electron chi connectivity index (χ0n) is 11.5. The van der Waals surface area contributed by atoms with E-state index in [0.29, 0.717) is 23.9 Å². The molecule has 1 fully saturated rings. The molecule has 6 heteroatoms. The monoisotopic (exact) mass is 288 g/mol. The molecule has 1 aromatic heterocycles. The molecular weight excluding hydrogens is 272 g/mol. The van der Waals surface area contributed by atoms with Crippen LogP contribution in [0.25, 0.3) is 10.9 Å². The fourth-order valence-electron chi connectivity index (χ4n) is 2.36. The number of benzene rings is 1. The molecule has 1 N–H and O–H groups in total. The predicted octanol–water partition coefficient (Wildman–Crippen LogP) is 2.13. The largest absolute Gasteiger partial charge is 0.477 e. The fraction of sp³-hybridized carbons (Fsp3) is 0.400. The van der Waals surface area contributed by atoms with Crippen molar-refractivity contribution in [3.8, 4) is 5.88 Å². The van der Waals surface area contributed by atoms with Gasteiger partial charge >= 0.3 is 5.97 Å². The summed E-state index contributed by atoms with van der Waals surface area (Å²) < 4.78 is 11.1. The zero-order valence-corrected chi connectivity index (χ0v) is 11.5. The van der Waals surface area contributed by atoms with E-state index in [0.717, 1.165) is 31.4 Å². The smallest absolute Gasteiger partial charge is 0.374 e. The van der Waals surface area contributed by atoms with Crippen LogP contribution < -0.4 is 4.74 Å². The summed E-state index contributed by atoms with van der Waals surface area (Å²) in [6.07, 6.45) is 1.91. The highest BCUT2D eigenvalue weighted by Gasteiger charge is 2.17. The number of aromatic carboxylic acids is 1. The minimum absolute atomic E-state index is 0.240. The van der Waals surface area contributed by atoms with Gasteiger partial charge in [0.05, 0.1) is 17.5 Å². The van der Waals surface area contributed by atoms with Gasteiger partial charge in [-0.25, -0.2) is 9.78 Å². The second kappa shape index (κ2) is 6.05. The number of carboxylic acids is 1. The van der Waals surface area contributed by atoms with Crippen LogP contribution in [0.4, 0.5) is 0 Å². The van der Waals surface area contributed by atoms with Crippen LogP contribution in [0.15, 0.2) is 24.3 Å². The molecule has 0 bridgehead atoms. The van der Waals surface area contributed by atoms with Crippen molar-refractivity contribution in [2.75, 3.05) is 19.8 Å². The highest BCUT2D eigenvalue weighted by atomic mass is 16.5. The SMILES string of the molecule is O=C(O)c1nc(OCC2CCOCC2)c2ccccc2n1. The maximum atomic E-state index is 11.1. The van der Waals surface area contributed by atoms with E-state index in [1.807, 2.05) is 18.2 Å². The van der Waals surface area contributed by atoms with E-state index in [1.165, 1.54) is 0 Å². The standard InChI is InChI=1S/C15H16N2O4/c18-15(19)13-16-12-4-2-1-3-11(12)14(17-13)21-9-10-5-7-20-8-6-10/h1-4,10H,5-9H2,(H,18,19). The number of hydrogen-bond donors (Lipinski definition) is 1. The normalized spacial score (nSPS) is 16.0. The van der Waals surface area contributed by atoms with Crippen LogP contribution in [0, 0.1) is 5.92 Å². The first-order valence-electron chi connectivity index (χ1n) is 6.94. The van der Waals surface area contributed by atoms with Crippen molar-refractivity contribution < 1.29 is 19.4 Å². The number of para-hydroxylation sites is 1. The molecule has 6 nitrogen and oxygen atoms in total. The molecule has 21 heavy (non-hydrogen) atoms. The van der Waals surface area contributed by atoms with Crippen molar-refractivity contribution >= 4 is 16.9 Å². The van der Waals surface area contributed by atoms with E-state index in [4.69, 9.17) is 14.6 Å². The number of carboxylic acid groups (broad SMARTS) is 1. The summed E-state index contributed by atoms with van der Waals surface area (Å²) in [6, 6.07) is 7.25. The number of ether oxygens (including phenoxy) is 2. The van der Waals surface area contributed by atoms with Gasteiger partial charge in [0.2, 0.25) is 11.7 Å². The van der Waals surface area contributed by atoms with Gasteiger partial charge in [0.15, 0.2) is 0 Å². The van der Waals surface area contributed by atoms with Crippen LogP contribution >= 0.6 is 0 Å². The van der Waals surface area contributed by atoms with Crippen molar-refractivity contribution in [1.29, 1.82) is 0 Å². The summed E-state index contributed by atoms with van der Waals surface area (Å²) in [6.45, 7) is 2.02. The summed E-state index contributed by atoms with van der Waals surface area (Å²) in [7, 11) is 0. The van der Waals surface area contributed by atoms with Crippen LogP contribution in [0.2, 0.25) is 0 Å². The minimum Gasteiger partial charge on any atom is -0.477 e. The molecular formula is C15H16N2O4. The highest BCUT2D eigenvalue weighted by Crippen LogP contribution is 2.24. The van der Waals surface area contributed by atoms with E-state index in [2.05, 4.69) is 9.97 Å². The van der Waals surface area contributed by atoms with E-state index < -0.39 is 5.97 Å². The molecule has 2 aromatic rings. The Balaban J connectivity index is 1.86. The maximum Gasteiger partial charge on any atom is 0.374 e. The van der Waals surface area contributed by atoms with Gasteiger partial charge in [-0.1, -0.05) is 12.1 Å². The van der Waals surface area contributed by atoms with E-state index >= 15 is 0 Å². The van der Waals surface area contributed by atoms with Gasteiger partial charge in [-0.3, -0.25) is 0 Å². The number of aromatic nitrogens is 2. The third-order valence-corrected chi connectivity index (χ3v) is 3.56. The van der Waals surface area contributed by atoms with Crippen molar-refractivity contribution in [3.63, 3.8) is 0 Å². The van der Waals surface area contributed by atoms with Crippen LogP contribution in [-0.4, -0.2) is 40.9 Å². The zero-order chi connectivity index (χ0) is 14.7. The summed E-state index contributed by atoms with van der Waals surface area (Å²) in [5.41, 5.74) is 0.576. The molecule has 3 rings (SSSR count). The van der Waals surface area contributed by atoms with Crippen LogP contribution in [0.1, 0.15) is 23.5 Å². The lowest BCUT2D eigenvalue weighted by Gasteiger charge is -2.22. The molecule has 1 aromatic carbocycles. The van der Waals surface area contributed by atoms with Crippen LogP contribution in [-0.2, 0) is 4.74 Å². The molecule has 0 unspecified atom stereocenters. The van der Waals surface area contributed by atoms with Crippen LogP contribution in [0.3, 0.4) is 0 Å². The Morgan fingerprint density at radius 2 is 2.05 bits per heavy atom. The van der Waals surface area contributed by atoms with Crippen LogP contribution in [0.5, 0.6) is 5.88 Å². The summed E-state index contributed by atoms with van der Waals surface area (Å²) in [5, 5.41) is 9.82. The Labute approximate surface area is 121 Å². The van der Waals surface area contributed by atoms with Gasteiger partial charge < -0.3 is 14.6 Å². The number of fused-ring (bicyclic) bond motifs is 1. The highest BCUT2D eigenvalue weighted by molar-refractivity contribution is 5.89. The minimum atomic E-state index is -1.16. The quantitative estimate of drug-likeness (QED) is 0.928. The number of carbonyl (C=O) groups is 1. The Morgan fingerprint density at radius 1 is 1.29 bits per heavy atom. The lowest BCUT2D eigenvalue weighted by molar-refractivity contribution is 0.0491. The lowest BCUT2D eigenvalue weighted by Crippen LogP contribution is -2.22. The molecule has 1 saturated heterocycles. The van der Waals surface area contributed by atoms with E-state index in [9.17, 15) is 4.79 Å². The molecule has 2 heterocycles. The van der Waals surface area contributed by atoms with Crippen molar-refractivity contribution in [1.82, 2.24) is 9.97 Å². The second-order valence-corrected chi connectivity index (χ2v) is 5.04. The Hall–Kier alpha value is -2.21. The van der Waals surface area contributed by atoms with Crippen molar-refractivity contribution in [2.24, 2.45) is 5.92 Å². The van der Waals surface area contributed by atoms with Gasteiger partial charge in [0.25, 0.3) is 0 Å². The fourth-order valence-corrected chi connectivity index (χ4v) is 2.36. The first-order valence-corrected chi connectivity index (χ1v) is 6.94. The van der Waals surface area contributed by atoms with Gasteiger partial charge in [0.1, 0.15) is 0 Å². The second-order valence-electron chi connectivity index (χ2n) is 5.04. The van der Waals surface area contributed by atoms with Gasteiger partial charge in [-0.15, -0.1) is 0 Å². The van der Waals surface area contributed by atoms with E-state index in [-0.39, 0.29) is 5.82 Å². The summed E-state index contributed by atoms with van der Waals surface area (Å²) in [4.78, 5) is 19.1. The average molecular weight is 288 g/mol. The molecule has 0 amide bonds. The summed E-state index contributed by atoms with van der Waals surface area (Å²) >= 11 is 0. The molecule has 1 aliphatic heterocycles. The van der Waals surface area contributed by atoms with E-state index in [1.54, 1.807) is 6.07 Å². The van der Waals surface area contributed by atoms with Gasteiger partial charge in [-0.2, -0.15) is 4.98 Å². The Bertz CT molecular complexity index is 653. The van der Waals surface area contributed by atoms with Gasteiger partial charge in [-0.05, 0) is 30.9 Å². The third-order valence-electron chi connectivity index (χ3n) is 3.56. The molecule has 0 spiro atoms. The average Bonchev–Trinajstić information content (AvgIpc) is 2.53. The first-order chi connectivity index (χ1) is 10.2. The molecule has 110 valence electrons. The molecule has 0 aliphatic carbocycles. The van der Waals surface area contributed by atoms with Crippen molar-refractivity contribution in [3.05, 3.63) is 30.1 Å². The predicted molar refractivity (Wildman–Crippen MR) is 75.5 cm³/mol. The number of rotatable bonds is 4. The molecule has 0 atom stereocenters. The Morgan fingerprint density at radius 3 is 2.81 bits per heavy atom. The lowest BCUT2D eigenvalue weighted by atomic mass is 10.0. The topological polar surface area (TPSA) is 81.5 Å². The first kappa shape index (κ1) is 13.8. The Kier molecular flexibility index (Phi) is 3.96. The molecule has 0 saturated carbocycles. The molecule has 1 aliphatic rings. The molecule has 0 radical (unpaired) electrons. The summed E-state index contributed by atoms with van der Waals surface area (Å²) in [5.74, 6) is -0.641. The third kappa shape index (κ3) is 3.11. The van der Waals surface area contributed by atoms with Crippen molar-refractivity contribution in [2.45, 2.75) is 12.8 Å². The number of hydrogen-bond acceptors (Lipinski definition) is 5.